The fourth-order valence-electron chi connectivity index (χ4n) is 3.80. The Balaban J connectivity index is 1.94. The average molecular weight is 442 g/mol. The van der Waals surface area contributed by atoms with Gasteiger partial charge in [0.25, 0.3) is 0 Å². The number of nitrogens with two attached hydrogens (primary N) is 3. The molecule has 0 spiro atoms. The van der Waals surface area contributed by atoms with Crippen LogP contribution in [0.2, 0.25) is 0 Å². The summed E-state index contributed by atoms with van der Waals surface area (Å²) in [5.74, 6) is 1.88. The molecule has 6 nitrogen and oxygen atoms in total. The average Bonchev–Trinajstić information content (AvgIpc) is 2.84. The zero-order chi connectivity index (χ0) is 23.5. The maximum absolute atomic E-state index is 6.04. The van der Waals surface area contributed by atoms with Crippen LogP contribution >= 0.6 is 0 Å². The van der Waals surface area contributed by atoms with E-state index in [2.05, 4.69) is 18.2 Å². The van der Waals surface area contributed by atoms with E-state index in [4.69, 9.17) is 31.4 Å². The second-order valence-corrected chi connectivity index (χ2v) is 7.67. The SMILES string of the molecule is COc1cc(-c2cc(-c3ccc(N)c(OC)c3)cc(-c3ccc(N)c(OC)c3)c2)ccc1N. The van der Waals surface area contributed by atoms with Crippen molar-refractivity contribution in [3.05, 3.63) is 72.8 Å². The summed E-state index contributed by atoms with van der Waals surface area (Å²) < 4.78 is 16.3. The van der Waals surface area contributed by atoms with Gasteiger partial charge >= 0.3 is 0 Å². The highest BCUT2D eigenvalue weighted by molar-refractivity contribution is 5.84. The monoisotopic (exact) mass is 441 g/mol. The number of benzene rings is 4. The highest BCUT2D eigenvalue weighted by atomic mass is 16.5. The van der Waals surface area contributed by atoms with Crippen LogP contribution in [0.4, 0.5) is 17.1 Å². The number of anilines is 3. The van der Waals surface area contributed by atoms with E-state index in [-0.39, 0.29) is 0 Å². The molecule has 0 aliphatic heterocycles. The summed E-state index contributed by atoms with van der Waals surface area (Å²) in [5, 5.41) is 0. The van der Waals surface area contributed by atoms with Crippen LogP contribution in [0.15, 0.2) is 72.8 Å². The fourth-order valence-corrected chi connectivity index (χ4v) is 3.80. The number of hydrogen-bond acceptors (Lipinski definition) is 6. The standard InChI is InChI=1S/C27H27N3O3/c1-31-25-13-16(4-7-22(25)28)19-10-20(17-5-8-23(29)26(14-17)32-2)12-21(11-19)18-6-9-24(30)27(15-18)33-3/h4-15H,28-30H2,1-3H3. The minimum atomic E-state index is 0.587. The maximum Gasteiger partial charge on any atom is 0.142 e. The van der Waals surface area contributed by atoms with Crippen molar-refractivity contribution in [2.75, 3.05) is 38.5 Å². The molecule has 0 saturated heterocycles. The van der Waals surface area contributed by atoms with Crippen molar-refractivity contribution in [2.45, 2.75) is 0 Å². The Morgan fingerprint density at radius 1 is 0.394 bits per heavy atom. The second-order valence-electron chi connectivity index (χ2n) is 7.67. The lowest BCUT2D eigenvalue weighted by Crippen LogP contribution is -1.95. The Morgan fingerprint density at radius 3 is 0.909 bits per heavy atom. The number of nitrogen functional groups attached to an aromatic ring is 3. The Kier molecular flexibility index (Phi) is 6.00. The van der Waals surface area contributed by atoms with Gasteiger partial charge < -0.3 is 31.4 Å². The van der Waals surface area contributed by atoms with Crippen molar-refractivity contribution < 1.29 is 14.2 Å². The lowest BCUT2D eigenvalue weighted by atomic mass is 9.92. The minimum Gasteiger partial charge on any atom is -0.495 e. The molecule has 0 heterocycles. The molecule has 0 unspecified atom stereocenters. The van der Waals surface area contributed by atoms with Crippen molar-refractivity contribution in [1.29, 1.82) is 0 Å². The number of hydrogen-bond donors (Lipinski definition) is 3. The molecule has 6 heteroatoms. The highest BCUT2D eigenvalue weighted by Crippen LogP contribution is 2.38. The van der Waals surface area contributed by atoms with Gasteiger partial charge in [0.1, 0.15) is 17.2 Å². The first-order valence-corrected chi connectivity index (χ1v) is 10.4. The predicted octanol–water partition coefficient (Wildman–Crippen LogP) is 5.46. The van der Waals surface area contributed by atoms with Crippen LogP contribution in [-0.4, -0.2) is 21.3 Å². The van der Waals surface area contributed by atoms with Crippen LogP contribution in [0, 0.1) is 0 Å². The predicted molar refractivity (Wildman–Crippen MR) is 136 cm³/mol. The minimum absolute atomic E-state index is 0.587. The molecule has 4 aromatic carbocycles. The largest absolute Gasteiger partial charge is 0.495 e. The van der Waals surface area contributed by atoms with Gasteiger partial charge in [0.15, 0.2) is 0 Å². The van der Waals surface area contributed by atoms with Gasteiger partial charge in [-0.25, -0.2) is 0 Å². The van der Waals surface area contributed by atoms with Gasteiger partial charge in [-0.3, -0.25) is 0 Å². The van der Waals surface area contributed by atoms with Crippen molar-refractivity contribution in [1.82, 2.24) is 0 Å². The van der Waals surface area contributed by atoms with Crippen LogP contribution in [0.5, 0.6) is 17.2 Å². The normalized spacial score (nSPS) is 10.6. The Labute approximate surface area is 193 Å². The summed E-state index contributed by atoms with van der Waals surface area (Å²) in [7, 11) is 4.83. The number of rotatable bonds is 6. The third-order valence-corrected chi connectivity index (χ3v) is 5.63. The molecule has 0 aliphatic rings. The molecule has 4 rings (SSSR count). The van der Waals surface area contributed by atoms with Crippen LogP contribution < -0.4 is 31.4 Å². The summed E-state index contributed by atoms with van der Waals surface area (Å²) >= 11 is 0. The zero-order valence-corrected chi connectivity index (χ0v) is 18.9. The van der Waals surface area contributed by atoms with Gasteiger partial charge in [-0.15, -0.1) is 0 Å². The van der Waals surface area contributed by atoms with Gasteiger partial charge in [0.05, 0.1) is 38.4 Å². The molecule has 168 valence electrons. The van der Waals surface area contributed by atoms with Gasteiger partial charge in [0, 0.05) is 0 Å². The first-order chi connectivity index (χ1) is 15.9. The Hall–Kier alpha value is -4.32. The van der Waals surface area contributed by atoms with Crippen LogP contribution in [-0.2, 0) is 0 Å². The van der Waals surface area contributed by atoms with Gasteiger partial charge in [-0.2, -0.15) is 0 Å². The first kappa shape index (κ1) is 21.9. The van der Waals surface area contributed by atoms with Crippen LogP contribution in [0.1, 0.15) is 0 Å². The topological polar surface area (TPSA) is 106 Å². The third-order valence-electron chi connectivity index (χ3n) is 5.63. The summed E-state index contributed by atoms with van der Waals surface area (Å²) in [6.45, 7) is 0. The molecule has 0 aromatic heterocycles. The number of methoxy groups -OCH3 is 3. The Morgan fingerprint density at radius 2 is 0.667 bits per heavy atom. The molecule has 0 fully saturated rings. The van der Waals surface area contributed by atoms with E-state index in [0.29, 0.717) is 34.3 Å². The maximum atomic E-state index is 6.04. The molecule has 0 aliphatic carbocycles. The molecule has 4 aromatic rings. The van der Waals surface area contributed by atoms with Crippen molar-refractivity contribution >= 4 is 17.1 Å². The van der Waals surface area contributed by atoms with E-state index < -0.39 is 0 Å². The lowest BCUT2D eigenvalue weighted by molar-refractivity contribution is 0.417. The number of ether oxygens (including phenoxy) is 3. The van der Waals surface area contributed by atoms with E-state index in [1.54, 1.807) is 21.3 Å². The van der Waals surface area contributed by atoms with E-state index in [0.717, 1.165) is 33.4 Å². The van der Waals surface area contributed by atoms with Gasteiger partial charge in [0.2, 0.25) is 0 Å². The Bertz CT molecular complexity index is 1150. The molecule has 0 radical (unpaired) electrons. The van der Waals surface area contributed by atoms with Crippen molar-refractivity contribution in [3.8, 4) is 50.6 Å². The molecule has 0 saturated carbocycles. The highest BCUT2D eigenvalue weighted by Gasteiger charge is 2.12. The third kappa shape index (κ3) is 4.36. The van der Waals surface area contributed by atoms with Crippen LogP contribution in [0.25, 0.3) is 33.4 Å². The molecule has 0 bridgehead atoms. The molecule has 6 N–H and O–H groups in total. The quantitative estimate of drug-likeness (QED) is 0.343. The van der Waals surface area contributed by atoms with Gasteiger partial charge in [-0.05, 0) is 88.0 Å². The van der Waals surface area contributed by atoms with Gasteiger partial charge in [-0.1, -0.05) is 18.2 Å². The summed E-state index contributed by atoms with van der Waals surface area (Å²) in [5.41, 5.74) is 25.8. The molecule has 0 atom stereocenters. The lowest BCUT2D eigenvalue weighted by Gasteiger charge is -2.14. The van der Waals surface area contributed by atoms with Crippen molar-refractivity contribution in [3.63, 3.8) is 0 Å². The van der Waals surface area contributed by atoms with E-state index >= 15 is 0 Å². The van der Waals surface area contributed by atoms with E-state index in [9.17, 15) is 0 Å². The zero-order valence-electron chi connectivity index (χ0n) is 18.9. The van der Waals surface area contributed by atoms with Crippen LogP contribution in [0.3, 0.4) is 0 Å². The molecular weight excluding hydrogens is 414 g/mol. The second kappa shape index (κ2) is 9.04. The first-order valence-electron chi connectivity index (χ1n) is 10.4. The van der Waals surface area contributed by atoms with E-state index in [1.807, 2.05) is 54.6 Å². The van der Waals surface area contributed by atoms with E-state index in [1.165, 1.54) is 0 Å². The summed E-state index contributed by atoms with van der Waals surface area (Å²) in [6.07, 6.45) is 0. The summed E-state index contributed by atoms with van der Waals surface area (Å²) in [4.78, 5) is 0. The molecular formula is C27H27N3O3. The summed E-state index contributed by atoms with van der Waals surface area (Å²) in [6, 6.07) is 23.6. The fraction of sp³-hybridized carbons (Fsp3) is 0.111. The smallest absolute Gasteiger partial charge is 0.142 e. The molecule has 33 heavy (non-hydrogen) atoms. The van der Waals surface area contributed by atoms with Crippen molar-refractivity contribution in [2.24, 2.45) is 0 Å². The molecule has 0 amide bonds.